The maximum atomic E-state index is 10.1. The molecule has 0 unspecified atom stereocenters. The summed E-state index contributed by atoms with van der Waals surface area (Å²) in [6.45, 7) is 21.6. The van der Waals surface area contributed by atoms with Gasteiger partial charge in [-0.3, -0.25) is 4.57 Å². The van der Waals surface area contributed by atoms with Gasteiger partial charge in [-0.1, -0.05) is 152 Å². The fourth-order valence-electron chi connectivity index (χ4n) is 6.14. The zero-order chi connectivity index (χ0) is 35.1. The summed E-state index contributed by atoms with van der Waals surface area (Å²) in [7, 11) is -3.13. The molecular weight excluding hydrogens is 591 g/mol. The van der Waals surface area contributed by atoms with Gasteiger partial charge in [0.05, 0.1) is 12.2 Å². The van der Waals surface area contributed by atoms with Gasteiger partial charge in [-0.15, -0.1) is 0 Å². The molecule has 46 heavy (non-hydrogen) atoms. The Morgan fingerprint density at radius 2 is 1.22 bits per heavy atom. The second-order valence-electron chi connectivity index (χ2n) is 14.0. The Balaban J connectivity index is 0.00000249. The number of rotatable bonds is 10. The van der Waals surface area contributed by atoms with E-state index < -0.39 is 8.25 Å². The van der Waals surface area contributed by atoms with E-state index in [4.69, 9.17) is 14.4 Å². The first-order valence-corrected chi connectivity index (χ1v) is 17.4. The molecular formula is C40H59O5P. The minimum absolute atomic E-state index is 0.00528. The van der Waals surface area contributed by atoms with Gasteiger partial charge in [-0.05, 0) is 77.2 Å². The van der Waals surface area contributed by atoms with Crippen molar-refractivity contribution in [2.45, 2.75) is 101 Å². The van der Waals surface area contributed by atoms with Crippen molar-refractivity contribution >= 4 is 8.25 Å². The summed E-state index contributed by atoms with van der Waals surface area (Å²) < 4.78 is 8.74. The number of hydrogen-bond donors (Lipinski definition) is 4. The largest absolute Gasteiger partial charge is 0.393 e. The highest BCUT2D eigenvalue weighted by Crippen LogP contribution is 2.42. The molecule has 0 fully saturated rings. The van der Waals surface area contributed by atoms with E-state index >= 15 is 0 Å². The predicted molar refractivity (Wildman–Crippen MR) is 198 cm³/mol. The molecule has 0 aliphatic heterocycles. The molecule has 5 nitrogen and oxygen atoms in total. The van der Waals surface area contributed by atoms with Crippen LogP contribution < -0.4 is 0 Å². The van der Waals surface area contributed by atoms with Gasteiger partial charge in [-0.2, -0.15) is 0 Å². The molecule has 0 saturated carbocycles. The molecule has 254 valence electrons. The first-order valence-electron chi connectivity index (χ1n) is 16.1. The van der Waals surface area contributed by atoms with Crippen LogP contribution in [0.4, 0.5) is 0 Å². The van der Waals surface area contributed by atoms with Crippen LogP contribution in [0, 0.1) is 16.7 Å². The second kappa shape index (κ2) is 19.8. The third-order valence-electron chi connectivity index (χ3n) is 8.33. The zero-order valence-corrected chi connectivity index (χ0v) is 30.7. The van der Waals surface area contributed by atoms with Gasteiger partial charge in [0.25, 0.3) is 0 Å². The summed E-state index contributed by atoms with van der Waals surface area (Å²) >= 11 is 0. The van der Waals surface area contributed by atoms with Crippen LogP contribution in [0.3, 0.4) is 0 Å². The van der Waals surface area contributed by atoms with Crippen molar-refractivity contribution in [3.8, 4) is 0 Å². The topological polar surface area (TPSA) is 98.0 Å². The average molecular weight is 651 g/mol. The fourth-order valence-corrected chi connectivity index (χ4v) is 6.14. The fraction of sp³-hybridized carbons (Fsp3) is 0.450. The third-order valence-corrected chi connectivity index (χ3v) is 8.33. The highest BCUT2D eigenvalue weighted by molar-refractivity contribution is 7.30. The van der Waals surface area contributed by atoms with Gasteiger partial charge < -0.3 is 20.0 Å². The summed E-state index contributed by atoms with van der Waals surface area (Å²) in [5.41, 5.74) is 8.73. The average Bonchev–Trinajstić information content (AvgIpc) is 2.88. The van der Waals surface area contributed by atoms with Gasteiger partial charge in [0, 0.05) is 5.92 Å². The van der Waals surface area contributed by atoms with E-state index in [9.17, 15) is 10.2 Å². The highest BCUT2D eigenvalue weighted by atomic mass is 31.1. The van der Waals surface area contributed by atoms with Crippen molar-refractivity contribution in [3.63, 3.8) is 0 Å². The van der Waals surface area contributed by atoms with Crippen molar-refractivity contribution in [3.05, 3.63) is 130 Å². The van der Waals surface area contributed by atoms with Crippen molar-refractivity contribution in [1.82, 2.24) is 0 Å². The Morgan fingerprint density at radius 3 is 1.70 bits per heavy atom. The summed E-state index contributed by atoms with van der Waals surface area (Å²) in [6, 6.07) is 0. The van der Waals surface area contributed by atoms with Gasteiger partial charge in [0.1, 0.15) is 0 Å². The summed E-state index contributed by atoms with van der Waals surface area (Å²) in [5.74, 6) is 0.348. The van der Waals surface area contributed by atoms with Crippen LogP contribution >= 0.6 is 8.25 Å². The molecule has 2 rings (SSSR count). The lowest BCUT2D eigenvalue weighted by molar-refractivity contribution is 0.116. The van der Waals surface area contributed by atoms with E-state index in [2.05, 4.69) is 154 Å². The van der Waals surface area contributed by atoms with E-state index in [1.54, 1.807) is 0 Å². The zero-order valence-electron chi connectivity index (χ0n) is 29.7. The van der Waals surface area contributed by atoms with Crippen LogP contribution in [0.2, 0.25) is 0 Å². The van der Waals surface area contributed by atoms with E-state index in [1.165, 1.54) is 39.0 Å². The Morgan fingerprint density at radius 1 is 0.761 bits per heavy atom. The van der Waals surface area contributed by atoms with E-state index in [-0.39, 0.29) is 23.0 Å². The van der Waals surface area contributed by atoms with Crippen molar-refractivity contribution in [2.24, 2.45) is 16.7 Å². The summed E-state index contributed by atoms with van der Waals surface area (Å²) in [4.78, 5) is 14.3. The lowest BCUT2D eigenvalue weighted by Crippen LogP contribution is -2.32. The summed E-state index contributed by atoms with van der Waals surface area (Å²) in [5, 5.41) is 20.2. The quantitative estimate of drug-likeness (QED) is 0.107. The molecule has 0 aromatic heterocycles. The first kappa shape index (κ1) is 41.2. The predicted octanol–water partition coefficient (Wildman–Crippen LogP) is 9.76. The van der Waals surface area contributed by atoms with Gasteiger partial charge in [0.15, 0.2) is 0 Å². The number of allylic oxidation sites excluding steroid dienone is 20. The Kier molecular flexibility index (Phi) is 17.7. The van der Waals surface area contributed by atoms with Crippen molar-refractivity contribution < 1.29 is 24.6 Å². The Hall–Kier alpha value is -2.79. The molecule has 2 aliphatic rings. The monoisotopic (exact) mass is 650 g/mol. The van der Waals surface area contributed by atoms with Crippen LogP contribution in [0.25, 0.3) is 0 Å². The molecule has 0 heterocycles. The molecule has 0 saturated heterocycles. The number of aliphatic hydroxyl groups excluding tert-OH is 2. The minimum Gasteiger partial charge on any atom is -0.393 e. The number of aliphatic hydroxyl groups is 2. The van der Waals surface area contributed by atoms with Crippen LogP contribution in [-0.2, 0) is 4.57 Å². The molecule has 0 spiro atoms. The van der Waals surface area contributed by atoms with Crippen LogP contribution in [0.1, 0.15) is 88.5 Å². The first-order chi connectivity index (χ1) is 21.3. The molecule has 3 atom stereocenters. The maximum absolute atomic E-state index is 10.1. The lowest BCUT2D eigenvalue weighted by Gasteiger charge is -2.38. The Bertz CT molecular complexity index is 1380. The lowest BCUT2D eigenvalue weighted by atomic mass is 9.67. The third kappa shape index (κ3) is 16.2. The van der Waals surface area contributed by atoms with E-state index in [0.717, 1.165) is 19.3 Å². The van der Waals surface area contributed by atoms with E-state index in [1.807, 2.05) is 6.08 Å². The minimum atomic E-state index is -3.13. The smallest absolute Gasteiger partial charge is 0.314 e. The summed E-state index contributed by atoms with van der Waals surface area (Å²) in [6.07, 6.45) is 33.8. The molecule has 0 radical (unpaired) electrons. The van der Waals surface area contributed by atoms with Gasteiger partial charge in [-0.25, -0.2) is 0 Å². The van der Waals surface area contributed by atoms with Gasteiger partial charge >= 0.3 is 8.25 Å². The molecule has 6 heteroatoms. The molecule has 2 aliphatic carbocycles. The maximum Gasteiger partial charge on any atom is 0.314 e. The van der Waals surface area contributed by atoms with Crippen molar-refractivity contribution in [2.75, 3.05) is 0 Å². The molecule has 4 N–H and O–H groups in total. The molecule has 0 bridgehead atoms. The van der Waals surface area contributed by atoms with Crippen LogP contribution in [0.5, 0.6) is 0 Å². The standard InChI is InChI=1S/C40H56O2.H3O3P/c1-29(17-13-19-31(3)21-23-37-33(5)25-35(41)27-39(37,7)8)15-11-12-16-30(2)18-14-20-32(4)22-24-38-34(6)26-36(42)28-40(38,9)10;1-4(2)3/h11-25,35-37,41-42H,26-28H2,1-10H3;4H,(H2,1,2,3)/b12-11+,17-13+,18-14+,23-21+,24-22+,29-15+,30-16+,31-19+,32-20+;/t35-,36+,37-;/m0./s1. The molecule has 0 aromatic carbocycles. The molecule has 0 aromatic rings. The number of hydrogen-bond acceptors (Lipinski definition) is 3. The highest BCUT2D eigenvalue weighted by Gasteiger charge is 2.34. The normalized spacial score (nSPS) is 25.0. The van der Waals surface area contributed by atoms with Crippen LogP contribution in [-0.4, -0.2) is 32.2 Å². The van der Waals surface area contributed by atoms with Gasteiger partial charge in [0.2, 0.25) is 0 Å². The SMILES string of the molecule is CC1=C[C@H](O)CC(C)(C)[C@H]1/C=C/C(C)=C/C=C/C(C)=C/C=C/C=C(C)/C=C/C=C(C)/C=C/C1=C(C)C[C@@H](O)CC1(C)C.O=[PH](O)O. The molecule has 0 amide bonds. The van der Waals surface area contributed by atoms with Crippen LogP contribution in [0.15, 0.2) is 130 Å². The van der Waals surface area contributed by atoms with Crippen molar-refractivity contribution in [1.29, 1.82) is 0 Å². The van der Waals surface area contributed by atoms with E-state index in [0.29, 0.717) is 5.92 Å². The second-order valence-corrected chi connectivity index (χ2v) is 14.6. The Labute approximate surface area is 279 Å².